The number of rotatable bonds is 3. The second kappa shape index (κ2) is 5.90. The topological polar surface area (TPSA) is 116 Å². The van der Waals surface area contributed by atoms with Crippen LogP contribution in [0.1, 0.15) is 11.1 Å². The quantitative estimate of drug-likeness (QED) is 0.479. The van der Waals surface area contributed by atoms with Gasteiger partial charge in [0.15, 0.2) is 0 Å². The third-order valence-corrected chi connectivity index (χ3v) is 6.36. The molecule has 1 aliphatic heterocycles. The molecule has 2 aromatic rings. The Morgan fingerprint density at radius 2 is 1.88 bits per heavy atom. The van der Waals surface area contributed by atoms with Crippen LogP contribution in [0, 0.1) is 0 Å². The highest BCUT2D eigenvalue weighted by atomic mass is 32.2. The van der Waals surface area contributed by atoms with Gasteiger partial charge in [-0.1, -0.05) is 24.3 Å². The Morgan fingerprint density at radius 1 is 1.17 bits per heavy atom. The molecular weight excluding hydrogens is 332 g/mol. The second-order valence-electron chi connectivity index (χ2n) is 5.46. The molecule has 1 amide bonds. The molecule has 4 N–H and O–H groups in total. The molecule has 8 heteroatoms. The fourth-order valence-electron chi connectivity index (χ4n) is 3.02. The minimum absolute atomic E-state index is 0.0222. The van der Waals surface area contributed by atoms with Crippen LogP contribution in [0.15, 0.2) is 53.4 Å². The summed E-state index contributed by atoms with van der Waals surface area (Å²) in [5.41, 5.74) is 2.17. The molecule has 24 heavy (non-hydrogen) atoms. The lowest BCUT2D eigenvalue weighted by molar-refractivity contribution is -0.133. The Hall–Kier alpha value is -2.42. The van der Waals surface area contributed by atoms with E-state index in [-0.39, 0.29) is 22.8 Å². The van der Waals surface area contributed by atoms with Gasteiger partial charge in [-0.2, -0.15) is 0 Å². The number of sulfone groups is 1. The fraction of sp³-hybridized carbons (Fsp3) is 0.188. The Labute approximate surface area is 138 Å². The number of aromatic hydroxyl groups is 1. The molecule has 1 heterocycles. The zero-order valence-corrected chi connectivity index (χ0v) is 13.4. The van der Waals surface area contributed by atoms with E-state index in [1.807, 2.05) is 0 Å². The van der Waals surface area contributed by atoms with E-state index in [1.54, 1.807) is 18.2 Å². The minimum atomic E-state index is -4.23. The molecule has 0 bridgehead atoms. The van der Waals surface area contributed by atoms with Crippen molar-refractivity contribution in [3.8, 4) is 5.75 Å². The molecule has 1 unspecified atom stereocenters. The lowest BCUT2D eigenvalue weighted by atomic mass is 9.93. The van der Waals surface area contributed by atoms with Crippen molar-refractivity contribution in [2.45, 2.75) is 16.2 Å². The van der Waals surface area contributed by atoms with Crippen LogP contribution in [0.2, 0.25) is 0 Å². The van der Waals surface area contributed by atoms with Crippen molar-refractivity contribution in [3.05, 3.63) is 59.7 Å². The Bertz CT molecular complexity index is 883. The van der Waals surface area contributed by atoms with Crippen molar-refractivity contribution in [2.24, 2.45) is 0 Å². The monoisotopic (exact) mass is 348 g/mol. The van der Waals surface area contributed by atoms with E-state index in [1.165, 1.54) is 35.8 Å². The van der Waals surface area contributed by atoms with E-state index < -0.39 is 20.6 Å². The van der Waals surface area contributed by atoms with Crippen LogP contribution < -0.4 is 10.8 Å². The van der Waals surface area contributed by atoms with Crippen LogP contribution >= 0.6 is 0 Å². The maximum atomic E-state index is 13.3. The molecule has 0 aromatic heterocycles. The summed E-state index contributed by atoms with van der Waals surface area (Å²) in [7, 11) is -4.23. The molecule has 0 saturated heterocycles. The molecule has 0 saturated carbocycles. The normalized spacial score (nSPS) is 20.2. The van der Waals surface area contributed by atoms with Gasteiger partial charge in [-0.05, 0) is 36.2 Å². The van der Waals surface area contributed by atoms with Gasteiger partial charge >= 0.3 is 0 Å². The van der Waals surface area contributed by atoms with Crippen LogP contribution in [0.4, 0.5) is 0 Å². The molecule has 3 rings (SSSR count). The van der Waals surface area contributed by atoms with Crippen molar-refractivity contribution in [1.82, 2.24) is 10.8 Å². The second-order valence-corrected chi connectivity index (χ2v) is 7.55. The van der Waals surface area contributed by atoms with Gasteiger partial charge in [0.25, 0.3) is 5.91 Å². The Kier molecular flexibility index (Phi) is 4.04. The third kappa shape index (κ3) is 2.27. The summed E-state index contributed by atoms with van der Waals surface area (Å²) in [5.74, 6) is -1.12. The van der Waals surface area contributed by atoms with E-state index in [2.05, 4.69) is 5.32 Å². The number of nitrogens with one attached hydrogen (secondary N) is 2. The summed E-state index contributed by atoms with van der Waals surface area (Å²) in [5, 5.41) is 21.6. The molecule has 7 nitrogen and oxygen atoms in total. The number of hydrogen-bond donors (Lipinski definition) is 4. The van der Waals surface area contributed by atoms with Gasteiger partial charge in [0.2, 0.25) is 14.7 Å². The summed E-state index contributed by atoms with van der Waals surface area (Å²) in [4.78, 5) is 10.3. The molecule has 0 radical (unpaired) electrons. The fourth-order valence-corrected chi connectivity index (χ4v) is 4.96. The largest absolute Gasteiger partial charge is 0.508 e. The van der Waals surface area contributed by atoms with Gasteiger partial charge in [-0.15, -0.1) is 0 Å². The average Bonchev–Trinajstić information content (AvgIpc) is 2.60. The first-order chi connectivity index (χ1) is 11.4. The molecule has 2 aromatic carbocycles. The predicted octanol–water partition coefficient (Wildman–Crippen LogP) is 0.670. The van der Waals surface area contributed by atoms with Crippen LogP contribution in [-0.4, -0.2) is 31.2 Å². The molecule has 1 aliphatic rings. The highest BCUT2D eigenvalue weighted by Crippen LogP contribution is 2.39. The van der Waals surface area contributed by atoms with E-state index in [9.17, 15) is 23.5 Å². The number of hydrogen-bond acceptors (Lipinski definition) is 6. The number of benzene rings is 2. The number of hydroxylamine groups is 1. The van der Waals surface area contributed by atoms with E-state index >= 15 is 0 Å². The van der Waals surface area contributed by atoms with Gasteiger partial charge in [0.1, 0.15) is 5.75 Å². The van der Waals surface area contributed by atoms with Crippen LogP contribution in [0.3, 0.4) is 0 Å². The van der Waals surface area contributed by atoms with Crippen LogP contribution in [0.25, 0.3) is 0 Å². The zero-order valence-electron chi connectivity index (χ0n) is 12.6. The first kappa shape index (κ1) is 16.4. The third-order valence-electron chi connectivity index (χ3n) is 4.11. The number of phenols is 1. The SMILES string of the molecule is O=C(NO)C1(S(=O)(=O)c2ccccc2)NCCc2cc(O)ccc21. The number of fused-ring (bicyclic) bond motifs is 1. The number of carbonyl (C=O) groups is 1. The maximum absolute atomic E-state index is 13.3. The van der Waals surface area contributed by atoms with E-state index in [0.29, 0.717) is 12.0 Å². The van der Waals surface area contributed by atoms with Crippen molar-refractivity contribution in [1.29, 1.82) is 0 Å². The Morgan fingerprint density at radius 3 is 2.54 bits per heavy atom. The minimum Gasteiger partial charge on any atom is -0.508 e. The molecular formula is C16H16N2O5S. The average molecular weight is 348 g/mol. The number of phenolic OH excluding ortho intramolecular Hbond substituents is 1. The maximum Gasteiger partial charge on any atom is 0.284 e. The molecule has 126 valence electrons. The molecule has 0 fully saturated rings. The summed E-state index contributed by atoms with van der Waals surface area (Å²) < 4.78 is 26.5. The smallest absolute Gasteiger partial charge is 0.284 e. The highest BCUT2D eigenvalue weighted by Gasteiger charge is 2.55. The first-order valence-corrected chi connectivity index (χ1v) is 8.73. The van der Waals surface area contributed by atoms with Gasteiger partial charge < -0.3 is 5.11 Å². The molecule has 1 atom stereocenters. The van der Waals surface area contributed by atoms with Crippen molar-refractivity contribution >= 4 is 15.7 Å². The highest BCUT2D eigenvalue weighted by molar-refractivity contribution is 7.93. The van der Waals surface area contributed by atoms with E-state index in [0.717, 1.165) is 0 Å². The lowest BCUT2D eigenvalue weighted by Crippen LogP contribution is -2.61. The van der Waals surface area contributed by atoms with Gasteiger partial charge in [-0.25, -0.2) is 13.9 Å². The zero-order chi connectivity index (χ0) is 17.4. The van der Waals surface area contributed by atoms with Gasteiger partial charge in [0.05, 0.1) is 4.90 Å². The van der Waals surface area contributed by atoms with Gasteiger partial charge in [-0.3, -0.25) is 15.3 Å². The predicted molar refractivity (Wildman–Crippen MR) is 85.0 cm³/mol. The standard InChI is InChI=1S/C16H16N2O5S/c19-12-6-7-14-11(10-12)8-9-17-16(14,15(20)18-21)24(22,23)13-4-2-1-3-5-13/h1-7,10,17,19,21H,8-9H2,(H,18,20). The number of carbonyl (C=O) groups excluding carboxylic acids is 1. The van der Waals surface area contributed by atoms with E-state index in [4.69, 9.17) is 0 Å². The van der Waals surface area contributed by atoms with Crippen molar-refractivity contribution < 1.29 is 23.5 Å². The van der Waals surface area contributed by atoms with Crippen molar-refractivity contribution in [3.63, 3.8) is 0 Å². The Balaban J connectivity index is 2.32. The van der Waals surface area contributed by atoms with Gasteiger partial charge in [0, 0.05) is 12.1 Å². The summed E-state index contributed by atoms with van der Waals surface area (Å²) in [6, 6.07) is 11.7. The van der Waals surface area contributed by atoms with Crippen LogP contribution in [0.5, 0.6) is 5.75 Å². The number of amides is 1. The molecule has 0 aliphatic carbocycles. The first-order valence-electron chi connectivity index (χ1n) is 7.25. The summed E-state index contributed by atoms with van der Waals surface area (Å²) >= 11 is 0. The van der Waals surface area contributed by atoms with Crippen molar-refractivity contribution in [2.75, 3.05) is 6.54 Å². The summed E-state index contributed by atoms with van der Waals surface area (Å²) in [6.07, 6.45) is 0.439. The van der Waals surface area contributed by atoms with Crippen LogP contribution in [-0.2, 0) is 25.9 Å². The molecule has 0 spiro atoms. The lowest BCUT2D eigenvalue weighted by Gasteiger charge is -2.37. The summed E-state index contributed by atoms with van der Waals surface area (Å²) in [6.45, 7) is 0.190.